The van der Waals surface area contributed by atoms with E-state index in [2.05, 4.69) is 6.92 Å². The minimum absolute atomic E-state index is 0.103. The SMILES string of the molecule is CC.CCCC/C(=C\c1c(C)ccc(OC)c1Cl)C(C)=O. The van der Waals surface area contributed by atoms with Crippen LogP contribution in [0.2, 0.25) is 5.02 Å². The summed E-state index contributed by atoms with van der Waals surface area (Å²) in [5.41, 5.74) is 2.74. The van der Waals surface area contributed by atoms with Gasteiger partial charge in [0.15, 0.2) is 5.78 Å². The highest BCUT2D eigenvalue weighted by molar-refractivity contribution is 6.33. The van der Waals surface area contributed by atoms with Crippen molar-refractivity contribution in [2.24, 2.45) is 0 Å². The summed E-state index contributed by atoms with van der Waals surface area (Å²) in [5.74, 6) is 0.739. The average Bonchev–Trinajstić information content (AvgIpc) is 2.48. The Balaban J connectivity index is 0.00000191. The van der Waals surface area contributed by atoms with Crippen molar-refractivity contribution in [1.82, 2.24) is 0 Å². The maximum absolute atomic E-state index is 11.7. The van der Waals surface area contributed by atoms with Crippen molar-refractivity contribution in [2.75, 3.05) is 7.11 Å². The summed E-state index contributed by atoms with van der Waals surface area (Å²) in [6.45, 7) is 9.70. The summed E-state index contributed by atoms with van der Waals surface area (Å²) < 4.78 is 5.22. The number of carbonyl (C=O) groups excluding carboxylic acids is 1. The minimum atomic E-state index is 0.103. The van der Waals surface area contributed by atoms with E-state index in [9.17, 15) is 4.79 Å². The third kappa shape index (κ3) is 5.92. The van der Waals surface area contributed by atoms with Crippen LogP contribution in [0.15, 0.2) is 17.7 Å². The van der Waals surface area contributed by atoms with E-state index < -0.39 is 0 Å². The van der Waals surface area contributed by atoms with Gasteiger partial charge in [-0.2, -0.15) is 0 Å². The largest absolute Gasteiger partial charge is 0.495 e. The summed E-state index contributed by atoms with van der Waals surface area (Å²) in [4.78, 5) is 11.7. The lowest BCUT2D eigenvalue weighted by molar-refractivity contribution is -0.113. The molecule has 0 aliphatic carbocycles. The predicted octanol–water partition coefficient (Wildman–Crippen LogP) is 5.85. The second-order valence-electron chi connectivity index (χ2n) is 4.64. The van der Waals surface area contributed by atoms with Crippen LogP contribution in [0.25, 0.3) is 6.08 Å². The molecule has 0 saturated heterocycles. The fraction of sp³-hybridized carbons (Fsp3) is 0.500. The Morgan fingerprint density at radius 2 is 1.95 bits per heavy atom. The molecule has 0 N–H and O–H groups in total. The lowest BCUT2D eigenvalue weighted by atomic mass is 9.99. The fourth-order valence-corrected chi connectivity index (χ4v) is 2.24. The normalized spacial score (nSPS) is 10.7. The molecule has 0 bridgehead atoms. The number of benzene rings is 1. The zero-order valence-corrected chi connectivity index (χ0v) is 14.8. The van der Waals surface area contributed by atoms with Gasteiger partial charge in [0.25, 0.3) is 0 Å². The smallest absolute Gasteiger partial charge is 0.155 e. The molecule has 3 heteroatoms. The quantitative estimate of drug-likeness (QED) is 0.616. The molecule has 2 nitrogen and oxygen atoms in total. The third-order valence-corrected chi connectivity index (χ3v) is 3.54. The van der Waals surface area contributed by atoms with Crippen LogP contribution in [0.3, 0.4) is 0 Å². The van der Waals surface area contributed by atoms with Gasteiger partial charge in [-0.25, -0.2) is 0 Å². The summed E-state index contributed by atoms with van der Waals surface area (Å²) in [6, 6.07) is 3.79. The molecule has 1 aromatic rings. The maximum Gasteiger partial charge on any atom is 0.155 e. The van der Waals surface area contributed by atoms with Gasteiger partial charge in [-0.1, -0.05) is 44.9 Å². The number of ketones is 1. The second kappa shape index (κ2) is 10.4. The van der Waals surface area contributed by atoms with Crippen LogP contribution in [0.4, 0.5) is 0 Å². The van der Waals surface area contributed by atoms with Crippen molar-refractivity contribution in [1.29, 1.82) is 0 Å². The highest BCUT2D eigenvalue weighted by Crippen LogP contribution is 2.32. The Morgan fingerprint density at radius 3 is 2.43 bits per heavy atom. The molecule has 0 aliphatic heterocycles. The zero-order chi connectivity index (χ0) is 16.4. The molecule has 0 saturated carbocycles. The standard InChI is InChI=1S/C16H21ClO2.C2H6/c1-5-6-7-13(12(3)18)10-14-11(2)8-9-15(19-4)16(14)17;1-2/h8-10H,5-7H2,1-4H3;1-2H3/b13-10+;. The molecular formula is C18H27ClO2. The molecule has 0 aliphatic rings. The molecule has 1 aromatic carbocycles. The van der Waals surface area contributed by atoms with Gasteiger partial charge in [0.05, 0.1) is 12.1 Å². The molecule has 21 heavy (non-hydrogen) atoms. The van der Waals surface area contributed by atoms with Gasteiger partial charge in [-0.3, -0.25) is 4.79 Å². The number of halogens is 1. The first kappa shape index (κ1) is 19.7. The Bertz CT molecular complexity index is 490. The van der Waals surface area contributed by atoms with Gasteiger partial charge in [-0.05, 0) is 50.0 Å². The van der Waals surface area contributed by atoms with E-state index in [1.54, 1.807) is 14.0 Å². The van der Waals surface area contributed by atoms with Crippen molar-refractivity contribution >= 4 is 23.5 Å². The van der Waals surface area contributed by atoms with Gasteiger partial charge in [0, 0.05) is 5.56 Å². The van der Waals surface area contributed by atoms with E-state index in [-0.39, 0.29) is 5.78 Å². The number of allylic oxidation sites excluding steroid dienone is 1. The molecule has 0 unspecified atom stereocenters. The van der Waals surface area contributed by atoms with Crippen molar-refractivity contribution in [3.8, 4) is 5.75 Å². The van der Waals surface area contributed by atoms with E-state index in [0.717, 1.165) is 36.0 Å². The summed E-state index contributed by atoms with van der Waals surface area (Å²) in [7, 11) is 1.59. The number of hydrogen-bond donors (Lipinski definition) is 0. The summed E-state index contributed by atoms with van der Waals surface area (Å²) in [6.07, 6.45) is 4.76. The molecule has 0 radical (unpaired) electrons. The number of aryl methyl sites for hydroxylation is 1. The van der Waals surface area contributed by atoms with Gasteiger partial charge < -0.3 is 4.74 Å². The van der Waals surface area contributed by atoms with E-state index in [1.807, 2.05) is 39.0 Å². The zero-order valence-electron chi connectivity index (χ0n) is 14.0. The van der Waals surface area contributed by atoms with Crippen LogP contribution in [0, 0.1) is 6.92 Å². The van der Waals surface area contributed by atoms with Gasteiger partial charge in [-0.15, -0.1) is 0 Å². The topological polar surface area (TPSA) is 26.3 Å². The molecule has 0 atom stereocenters. The lowest BCUT2D eigenvalue weighted by Crippen LogP contribution is -1.98. The lowest BCUT2D eigenvalue weighted by Gasteiger charge is -2.10. The van der Waals surface area contributed by atoms with Gasteiger partial charge >= 0.3 is 0 Å². The summed E-state index contributed by atoms with van der Waals surface area (Å²) in [5, 5.41) is 0.567. The molecule has 0 amide bonds. The molecular weight excluding hydrogens is 284 g/mol. The first-order chi connectivity index (χ1) is 10.0. The second-order valence-corrected chi connectivity index (χ2v) is 5.02. The van der Waals surface area contributed by atoms with Crippen LogP contribution in [-0.4, -0.2) is 12.9 Å². The van der Waals surface area contributed by atoms with Gasteiger partial charge in [0.1, 0.15) is 5.75 Å². The van der Waals surface area contributed by atoms with E-state index >= 15 is 0 Å². The molecule has 1 rings (SSSR count). The van der Waals surface area contributed by atoms with E-state index in [4.69, 9.17) is 16.3 Å². The Kier molecular flexibility index (Phi) is 9.81. The third-order valence-electron chi connectivity index (χ3n) is 3.15. The highest BCUT2D eigenvalue weighted by Gasteiger charge is 2.11. The van der Waals surface area contributed by atoms with Gasteiger partial charge in [0.2, 0.25) is 0 Å². The number of unbranched alkanes of at least 4 members (excludes halogenated alkanes) is 1. The van der Waals surface area contributed by atoms with Crippen LogP contribution in [0.1, 0.15) is 58.1 Å². The number of rotatable bonds is 6. The first-order valence-electron chi connectivity index (χ1n) is 7.55. The molecule has 118 valence electrons. The minimum Gasteiger partial charge on any atom is -0.495 e. The Morgan fingerprint density at radius 1 is 1.33 bits per heavy atom. The number of methoxy groups -OCH3 is 1. The monoisotopic (exact) mass is 310 g/mol. The molecule has 0 spiro atoms. The highest BCUT2D eigenvalue weighted by atomic mass is 35.5. The fourth-order valence-electron chi connectivity index (χ4n) is 1.90. The van der Waals surface area contributed by atoms with Crippen LogP contribution in [0.5, 0.6) is 5.75 Å². The predicted molar refractivity (Wildman–Crippen MR) is 92.3 cm³/mol. The number of carbonyl (C=O) groups is 1. The number of ether oxygens (including phenoxy) is 1. The summed E-state index contributed by atoms with van der Waals surface area (Å²) >= 11 is 6.32. The number of hydrogen-bond acceptors (Lipinski definition) is 2. The van der Waals surface area contributed by atoms with Crippen LogP contribution in [-0.2, 0) is 4.79 Å². The van der Waals surface area contributed by atoms with Crippen molar-refractivity contribution in [2.45, 2.75) is 53.9 Å². The molecule has 0 fully saturated rings. The van der Waals surface area contributed by atoms with Crippen molar-refractivity contribution in [3.63, 3.8) is 0 Å². The number of Topliss-reactive ketones (excluding diaryl/α,β-unsaturated/α-hetero) is 1. The Labute approximate surface area is 134 Å². The first-order valence-corrected chi connectivity index (χ1v) is 7.93. The molecule has 0 heterocycles. The maximum atomic E-state index is 11.7. The Hall–Kier alpha value is -1.28. The molecule has 0 aromatic heterocycles. The van der Waals surface area contributed by atoms with Crippen molar-refractivity contribution in [3.05, 3.63) is 33.9 Å². The van der Waals surface area contributed by atoms with E-state index in [0.29, 0.717) is 10.8 Å². The average molecular weight is 311 g/mol. The van der Waals surface area contributed by atoms with Crippen LogP contribution >= 0.6 is 11.6 Å². The van der Waals surface area contributed by atoms with E-state index in [1.165, 1.54) is 0 Å². The van der Waals surface area contributed by atoms with Crippen LogP contribution < -0.4 is 4.74 Å². The van der Waals surface area contributed by atoms with Crippen molar-refractivity contribution < 1.29 is 9.53 Å².